The molecule has 1 aromatic rings. The lowest BCUT2D eigenvalue weighted by Crippen LogP contribution is -2.34. The lowest BCUT2D eigenvalue weighted by Gasteiger charge is -2.30. The van der Waals surface area contributed by atoms with Crippen LogP contribution in [0.5, 0.6) is 0 Å². The van der Waals surface area contributed by atoms with Crippen LogP contribution >= 0.6 is 0 Å². The highest BCUT2D eigenvalue weighted by Gasteiger charge is 2.37. The van der Waals surface area contributed by atoms with Crippen molar-refractivity contribution in [3.8, 4) is 0 Å². The third kappa shape index (κ3) is 1.65. The van der Waals surface area contributed by atoms with E-state index in [1.807, 2.05) is 26.0 Å². The standard InChI is InChI=1S/C14H20FN/c1-10-5-6-11(2)13(15)12(10)14(9-16)7-3-4-8-14/h5-6H,3-4,7-9,16H2,1-2H3. The van der Waals surface area contributed by atoms with Crippen molar-refractivity contribution in [3.63, 3.8) is 0 Å². The molecule has 1 nitrogen and oxygen atoms in total. The molecule has 1 fully saturated rings. The summed E-state index contributed by atoms with van der Waals surface area (Å²) in [6, 6.07) is 3.87. The lowest BCUT2D eigenvalue weighted by atomic mass is 9.76. The maximum Gasteiger partial charge on any atom is 0.130 e. The van der Waals surface area contributed by atoms with Gasteiger partial charge in [0.2, 0.25) is 0 Å². The molecule has 2 heteroatoms. The molecular formula is C14H20FN. The van der Waals surface area contributed by atoms with Gasteiger partial charge in [-0.1, -0.05) is 25.0 Å². The smallest absolute Gasteiger partial charge is 0.130 e. The minimum atomic E-state index is -0.0970. The summed E-state index contributed by atoms with van der Waals surface area (Å²) < 4.78 is 14.3. The van der Waals surface area contributed by atoms with Gasteiger partial charge < -0.3 is 5.73 Å². The summed E-state index contributed by atoms with van der Waals surface area (Å²) >= 11 is 0. The molecule has 0 spiro atoms. The molecule has 1 aliphatic carbocycles. The average Bonchev–Trinajstić information content (AvgIpc) is 2.74. The molecule has 2 rings (SSSR count). The summed E-state index contributed by atoms with van der Waals surface area (Å²) in [4.78, 5) is 0. The fourth-order valence-corrected chi connectivity index (χ4v) is 3.04. The van der Waals surface area contributed by atoms with E-state index in [1.165, 1.54) is 12.8 Å². The highest BCUT2D eigenvalue weighted by atomic mass is 19.1. The second-order valence-electron chi connectivity index (χ2n) is 5.08. The van der Waals surface area contributed by atoms with E-state index in [-0.39, 0.29) is 11.2 Å². The summed E-state index contributed by atoms with van der Waals surface area (Å²) in [6.45, 7) is 4.39. The van der Waals surface area contributed by atoms with Gasteiger partial charge in [0.1, 0.15) is 5.82 Å². The number of rotatable bonds is 2. The normalized spacial score (nSPS) is 19.0. The largest absolute Gasteiger partial charge is 0.330 e. The third-order valence-electron chi connectivity index (χ3n) is 4.03. The molecule has 0 unspecified atom stereocenters. The summed E-state index contributed by atoms with van der Waals surface area (Å²) in [5.41, 5.74) is 8.49. The maximum absolute atomic E-state index is 14.3. The first-order valence-electron chi connectivity index (χ1n) is 6.07. The second-order valence-corrected chi connectivity index (χ2v) is 5.08. The van der Waals surface area contributed by atoms with E-state index < -0.39 is 0 Å². The van der Waals surface area contributed by atoms with Gasteiger partial charge in [0.15, 0.2) is 0 Å². The van der Waals surface area contributed by atoms with Gasteiger partial charge in [-0.2, -0.15) is 0 Å². The predicted octanol–water partition coefficient (Wildman–Crippen LogP) is 3.21. The van der Waals surface area contributed by atoms with E-state index in [1.54, 1.807) is 0 Å². The first-order chi connectivity index (χ1) is 7.60. The molecule has 1 aliphatic rings. The van der Waals surface area contributed by atoms with Crippen LogP contribution in [0.15, 0.2) is 12.1 Å². The monoisotopic (exact) mass is 221 g/mol. The van der Waals surface area contributed by atoms with E-state index >= 15 is 0 Å². The molecule has 0 amide bonds. The first kappa shape index (κ1) is 11.6. The maximum atomic E-state index is 14.3. The van der Waals surface area contributed by atoms with Gasteiger partial charge in [-0.15, -0.1) is 0 Å². The Balaban J connectivity index is 2.57. The first-order valence-corrected chi connectivity index (χ1v) is 6.07. The highest BCUT2D eigenvalue weighted by molar-refractivity contribution is 5.39. The van der Waals surface area contributed by atoms with Crippen molar-refractivity contribution in [2.45, 2.75) is 44.9 Å². The van der Waals surface area contributed by atoms with Crippen LogP contribution in [-0.2, 0) is 5.41 Å². The van der Waals surface area contributed by atoms with E-state index in [2.05, 4.69) is 0 Å². The Bertz CT molecular complexity index is 392. The Morgan fingerprint density at radius 2 is 1.75 bits per heavy atom. The van der Waals surface area contributed by atoms with Crippen molar-refractivity contribution in [1.82, 2.24) is 0 Å². The molecule has 1 saturated carbocycles. The zero-order valence-corrected chi connectivity index (χ0v) is 10.1. The molecule has 0 aliphatic heterocycles. The quantitative estimate of drug-likeness (QED) is 0.815. The van der Waals surface area contributed by atoms with Gasteiger partial charge in [0, 0.05) is 12.0 Å². The molecule has 0 saturated heterocycles. The molecule has 88 valence electrons. The number of aryl methyl sites for hydroxylation is 2. The van der Waals surface area contributed by atoms with Crippen LogP contribution in [0.3, 0.4) is 0 Å². The average molecular weight is 221 g/mol. The zero-order chi connectivity index (χ0) is 11.8. The van der Waals surface area contributed by atoms with E-state index in [9.17, 15) is 4.39 Å². The molecule has 0 bridgehead atoms. The van der Waals surface area contributed by atoms with Crippen LogP contribution < -0.4 is 5.73 Å². The van der Waals surface area contributed by atoms with Crippen molar-refractivity contribution in [1.29, 1.82) is 0 Å². The van der Waals surface area contributed by atoms with Crippen LogP contribution in [0.1, 0.15) is 42.4 Å². The predicted molar refractivity (Wildman–Crippen MR) is 65.1 cm³/mol. The Hall–Kier alpha value is -0.890. The lowest BCUT2D eigenvalue weighted by molar-refractivity contribution is 0.422. The van der Waals surface area contributed by atoms with Crippen molar-refractivity contribution >= 4 is 0 Å². The van der Waals surface area contributed by atoms with Gasteiger partial charge in [0.05, 0.1) is 0 Å². The third-order valence-corrected chi connectivity index (χ3v) is 4.03. The SMILES string of the molecule is Cc1ccc(C)c(C2(CN)CCCC2)c1F. The Kier molecular flexibility index (Phi) is 3.02. The minimum Gasteiger partial charge on any atom is -0.330 e. The summed E-state index contributed by atoms with van der Waals surface area (Å²) in [5, 5.41) is 0. The van der Waals surface area contributed by atoms with E-state index in [0.717, 1.165) is 29.5 Å². The van der Waals surface area contributed by atoms with Crippen molar-refractivity contribution in [2.24, 2.45) is 5.73 Å². The van der Waals surface area contributed by atoms with E-state index in [4.69, 9.17) is 5.73 Å². The van der Waals surface area contributed by atoms with Gasteiger partial charge in [-0.3, -0.25) is 0 Å². The molecule has 16 heavy (non-hydrogen) atoms. The summed E-state index contributed by atoms with van der Waals surface area (Å²) in [6.07, 6.45) is 4.41. The Labute approximate surface area is 96.9 Å². The van der Waals surface area contributed by atoms with Crippen LogP contribution in [0.25, 0.3) is 0 Å². The number of hydrogen-bond acceptors (Lipinski definition) is 1. The molecule has 0 radical (unpaired) electrons. The fraction of sp³-hybridized carbons (Fsp3) is 0.571. The number of benzene rings is 1. The van der Waals surface area contributed by atoms with Crippen molar-refractivity contribution in [2.75, 3.05) is 6.54 Å². The molecular weight excluding hydrogens is 201 g/mol. The van der Waals surface area contributed by atoms with Gasteiger partial charge in [0.25, 0.3) is 0 Å². The molecule has 2 N–H and O–H groups in total. The van der Waals surface area contributed by atoms with E-state index in [0.29, 0.717) is 6.54 Å². The molecule has 0 aromatic heterocycles. The number of hydrogen-bond donors (Lipinski definition) is 1. The van der Waals surface area contributed by atoms with Crippen molar-refractivity contribution in [3.05, 3.63) is 34.6 Å². The van der Waals surface area contributed by atoms with Crippen LogP contribution in [0.2, 0.25) is 0 Å². The summed E-state index contributed by atoms with van der Waals surface area (Å²) in [5.74, 6) is -0.0349. The van der Waals surface area contributed by atoms with Gasteiger partial charge in [-0.05, 0) is 43.4 Å². The topological polar surface area (TPSA) is 26.0 Å². The molecule has 1 aromatic carbocycles. The Morgan fingerprint density at radius 3 is 2.31 bits per heavy atom. The second kappa shape index (κ2) is 4.17. The van der Waals surface area contributed by atoms with Crippen molar-refractivity contribution < 1.29 is 4.39 Å². The molecule has 0 atom stereocenters. The fourth-order valence-electron chi connectivity index (χ4n) is 3.04. The van der Waals surface area contributed by atoms with Gasteiger partial charge >= 0.3 is 0 Å². The van der Waals surface area contributed by atoms with Crippen LogP contribution in [0, 0.1) is 19.7 Å². The van der Waals surface area contributed by atoms with Gasteiger partial charge in [-0.25, -0.2) is 4.39 Å². The number of halogens is 1. The molecule has 0 heterocycles. The number of nitrogens with two attached hydrogens (primary N) is 1. The van der Waals surface area contributed by atoms with Crippen LogP contribution in [-0.4, -0.2) is 6.54 Å². The summed E-state index contributed by atoms with van der Waals surface area (Å²) in [7, 11) is 0. The zero-order valence-electron chi connectivity index (χ0n) is 10.1. The minimum absolute atomic E-state index is 0.0349. The van der Waals surface area contributed by atoms with Crippen LogP contribution in [0.4, 0.5) is 4.39 Å². The highest BCUT2D eigenvalue weighted by Crippen LogP contribution is 2.43. The Morgan fingerprint density at radius 1 is 1.19 bits per heavy atom.